The first-order chi connectivity index (χ1) is 17.3. The summed E-state index contributed by atoms with van der Waals surface area (Å²) < 4.78 is 29.6. The molecule has 1 fully saturated rings. The lowest BCUT2D eigenvalue weighted by atomic mass is 9.96. The van der Waals surface area contributed by atoms with E-state index in [9.17, 15) is 19.2 Å². The van der Waals surface area contributed by atoms with Crippen molar-refractivity contribution in [3.63, 3.8) is 0 Å². The van der Waals surface area contributed by atoms with Crippen LogP contribution >= 0.6 is 34.8 Å². The molecule has 1 unspecified atom stereocenters. The van der Waals surface area contributed by atoms with Crippen molar-refractivity contribution < 1.29 is 47.6 Å². The second-order valence-corrected chi connectivity index (χ2v) is 9.95. The molecule has 2 N–H and O–H groups in total. The van der Waals surface area contributed by atoms with Crippen molar-refractivity contribution >= 4 is 64.7 Å². The van der Waals surface area contributed by atoms with Crippen molar-refractivity contribution in [3.05, 3.63) is 35.9 Å². The van der Waals surface area contributed by atoms with E-state index in [1.807, 2.05) is 0 Å². The lowest BCUT2D eigenvalue weighted by molar-refractivity contribution is -0.260. The Bertz CT molecular complexity index is 989. The predicted molar refractivity (Wildman–Crippen MR) is 129 cm³/mol. The first kappa shape index (κ1) is 30.4. The number of halogens is 3. The molecule has 5 atom stereocenters. The van der Waals surface area contributed by atoms with Crippen LogP contribution in [0.1, 0.15) is 26.3 Å². The Labute approximate surface area is 227 Å². The number of esters is 3. The Balaban J connectivity index is 2.39. The normalized spacial score (nSPS) is 23.2. The molecule has 1 aliphatic rings. The third-order valence-electron chi connectivity index (χ3n) is 4.69. The van der Waals surface area contributed by atoms with Gasteiger partial charge in [0.25, 0.3) is 3.79 Å². The molecule has 0 aliphatic carbocycles. The molecule has 0 aromatic heterocycles. The number of carbonyl (C=O) groups excluding carboxylic acids is 4. The molecule has 0 bridgehead atoms. The van der Waals surface area contributed by atoms with Crippen molar-refractivity contribution in [3.8, 4) is 0 Å². The maximum atomic E-state index is 12.7. The highest BCUT2D eigenvalue weighted by atomic mass is 35.6. The summed E-state index contributed by atoms with van der Waals surface area (Å²) in [5.41, 5.74) is 0.680. The summed E-state index contributed by atoms with van der Waals surface area (Å²) in [7, 11) is 0. The SMILES string of the molecule is CC(=O)OC[C@H]1OC(OC(=N)C(Cl)(Cl)Cl)[C@H](NC(=O)OCc2ccccc2)[C@@H](OC(C)=O)[C@@H]1OC(C)=O. The topological polar surface area (TPSA) is 160 Å². The molecular weight excluding hydrogens is 559 g/mol. The van der Waals surface area contributed by atoms with Gasteiger partial charge in [0.05, 0.1) is 0 Å². The van der Waals surface area contributed by atoms with Crippen LogP contribution in [0, 0.1) is 5.41 Å². The van der Waals surface area contributed by atoms with Crippen LogP contribution < -0.4 is 5.32 Å². The number of carbonyl (C=O) groups is 4. The van der Waals surface area contributed by atoms with E-state index in [-0.39, 0.29) is 6.61 Å². The summed E-state index contributed by atoms with van der Waals surface area (Å²) in [4.78, 5) is 47.9. The fraction of sp³-hybridized carbons (Fsp3) is 0.500. The second kappa shape index (κ2) is 13.7. The Kier molecular flexibility index (Phi) is 11.2. The van der Waals surface area contributed by atoms with E-state index in [0.29, 0.717) is 5.56 Å². The average Bonchev–Trinajstić information content (AvgIpc) is 2.79. The average molecular weight is 584 g/mol. The molecule has 0 radical (unpaired) electrons. The number of ether oxygens (including phenoxy) is 6. The van der Waals surface area contributed by atoms with Crippen LogP contribution in [0.15, 0.2) is 30.3 Å². The van der Waals surface area contributed by atoms with Crippen molar-refractivity contribution in [2.45, 2.75) is 61.8 Å². The first-order valence-electron chi connectivity index (χ1n) is 10.7. The molecule has 15 heteroatoms. The second-order valence-electron chi connectivity index (χ2n) is 7.67. The number of alkyl carbamates (subject to hydrolysis) is 1. The highest BCUT2D eigenvalue weighted by Crippen LogP contribution is 2.32. The lowest BCUT2D eigenvalue weighted by Crippen LogP contribution is -2.67. The Hall–Kier alpha value is -2.80. The van der Waals surface area contributed by atoms with E-state index in [2.05, 4.69) is 5.32 Å². The number of hydrogen-bond acceptors (Lipinski definition) is 11. The van der Waals surface area contributed by atoms with Crippen LogP contribution in [0.25, 0.3) is 0 Å². The van der Waals surface area contributed by atoms with E-state index in [4.69, 9.17) is 68.6 Å². The van der Waals surface area contributed by atoms with Gasteiger partial charge in [-0.2, -0.15) is 0 Å². The number of amides is 1. The smallest absolute Gasteiger partial charge is 0.408 e. The molecular formula is C22H25Cl3N2O10. The van der Waals surface area contributed by atoms with E-state index >= 15 is 0 Å². The van der Waals surface area contributed by atoms with Crippen molar-refractivity contribution in [1.29, 1.82) is 5.41 Å². The minimum Gasteiger partial charge on any atom is -0.463 e. The number of nitrogens with one attached hydrogen (secondary N) is 2. The zero-order valence-electron chi connectivity index (χ0n) is 19.9. The number of alkyl halides is 3. The van der Waals surface area contributed by atoms with E-state index < -0.39 is 70.9 Å². The maximum absolute atomic E-state index is 12.7. The fourth-order valence-corrected chi connectivity index (χ4v) is 3.37. The van der Waals surface area contributed by atoms with Gasteiger partial charge in [0.2, 0.25) is 12.2 Å². The summed E-state index contributed by atoms with van der Waals surface area (Å²) in [6.07, 6.45) is -6.77. The number of rotatable bonds is 8. The maximum Gasteiger partial charge on any atom is 0.408 e. The van der Waals surface area contributed by atoms with E-state index in [1.165, 1.54) is 0 Å². The van der Waals surface area contributed by atoms with Gasteiger partial charge in [0, 0.05) is 20.8 Å². The van der Waals surface area contributed by atoms with Gasteiger partial charge >= 0.3 is 24.0 Å². The quantitative estimate of drug-likeness (QED) is 0.153. The fourth-order valence-electron chi connectivity index (χ4n) is 3.24. The monoisotopic (exact) mass is 582 g/mol. The van der Waals surface area contributed by atoms with Gasteiger partial charge in [-0.05, 0) is 5.56 Å². The van der Waals surface area contributed by atoms with Crippen LogP contribution in [-0.4, -0.2) is 70.9 Å². The third kappa shape index (κ3) is 9.88. The largest absolute Gasteiger partial charge is 0.463 e. The minimum atomic E-state index is -2.32. The molecule has 0 saturated carbocycles. The van der Waals surface area contributed by atoms with Gasteiger partial charge in [0.15, 0.2) is 12.2 Å². The van der Waals surface area contributed by atoms with Gasteiger partial charge in [-0.15, -0.1) is 0 Å². The lowest BCUT2D eigenvalue weighted by Gasteiger charge is -2.44. The number of hydrogen-bond donors (Lipinski definition) is 2. The van der Waals surface area contributed by atoms with E-state index in [0.717, 1.165) is 20.8 Å². The molecule has 1 heterocycles. The van der Waals surface area contributed by atoms with Crippen LogP contribution in [0.3, 0.4) is 0 Å². The molecule has 1 aromatic rings. The molecule has 1 amide bonds. The van der Waals surface area contributed by atoms with Crippen LogP contribution in [0.4, 0.5) is 4.79 Å². The summed E-state index contributed by atoms with van der Waals surface area (Å²) in [6, 6.07) is 7.29. The Morgan fingerprint density at radius 3 is 2.05 bits per heavy atom. The molecule has 2 rings (SSSR count). The van der Waals surface area contributed by atoms with Gasteiger partial charge in [0.1, 0.15) is 25.4 Å². The van der Waals surface area contributed by atoms with Crippen molar-refractivity contribution in [2.75, 3.05) is 6.61 Å². The third-order valence-corrected chi connectivity index (χ3v) is 5.20. The highest BCUT2D eigenvalue weighted by molar-refractivity contribution is 6.76. The van der Waals surface area contributed by atoms with E-state index in [1.54, 1.807) is 30.3 Å². The molecule has 204 valence electrons. The Morgan fingerprint density at radius 2 is 1.51 bits per heavy atom. The standard InChI is InChI=1S/C22H25Cl3N2O10/c1-11(28)32-10-15-17(34-12(2)29)18(35-13(3)30)16(19(36-15)37-20(26)22(23,24)25)27-21(31)33-9-14-7-5-4-6-8-14/h4-8,15-19,26H,9-10H2,1-3H3,(H,27,31)/t15-,16-,17-,18-,19?/m1/s1. The summed E-state index contributed by atoms with van der Waals surface area (Å²) >= 11 is 17.2. The zero-order chi connectivity index (χ0) is 27.8. The first-order valence-corrected chi connectivity index (χ1v) is 11.8. The molecule has 37 heavy (non-hydrogen) atoms. The minimum absolute atomic E-state index is 0.115. The van der Waals surface area contributed by atoms with Gasteiger partial charge in [-0.3, -0.25) is 19.8 Å². The summed E-state index contributed by atoms with van der Waals surface area (Å²) in [6.45, 7) is 2.71. The van der Waals surface area contributed by atoms with Crippen molar-refractivity contribution in [2.24, 2.45) is 0 Å². The van der Waals surface area contributed by atoms with Gasteiger partial charge in [-0.1, -0.05) is 65.1 Å². The molecule has 1 aliphatic heterocycles. The molecule has 1 aromatic carbocycles. The Morgan fingerprint density at radius 1 is 0.919 bits per heavy atom. The summed E-state index contributed by atoms with van der Waals surface area (Å²) in [5, 5.41) is 10.4. The van der Waals surface area contributed by atoms with Crippen molar-refractivity contribution in [1.82, 2.24) is 5.32 Å². The van der Waals surface area contributed by atoms with Gasteiger partial charge < -0.3 is 33.7 Å². The van der Waals surface area contributed by atoms with Crippen LogP contribution in [-0.2, 0) is 49.4 Å². The number of benzene rings is 1. The highest BCUT2D eigenvalue weighted by Gasteiger charge is 2.53. The predicted octanol–water partition coefficient (Wildman–Crippen LogP) is 2.80. The van der Waals surface area contributed by atoms with Gasteiger partial charge in [-0.25, -0.2) is 4.79 Å². The summed E-state index contributed by atoms with van der Waals surface area (Å²) in [5.74, 6) is -3.21. The molecule has 12 nitrogen and oxygen atoms in total. The molecule has 0 spiro atoms. The molecule has 1 saturated heterocycles. The zero-order valence-corrected chi connectivity index (χ0v) is 22.2. The van der Waals surface area contributed by atoms with Crippen LogP contribution in [0.5, 0.6) is 0 Å². The van der Waals surface area contributed by atoms with Crippen LogP contribution in [0.2, 0.25) is 0 Å².